The van der Waals surface area contributed by atoms with Crippen LogP contribution in [0, 0.1) is 16.7 Å². The molecule has 2 rings (SSSR count). The Bertz CT molecular complexity index is 553. The predicted molar refractivity (Wildman–Crippen MR) is 82.8 cm³/mol. The maximum atomic E-state index is 12.4. The number of amides is 1. The molecular formula is C18H24NO3-. The first kappa shape index (κ1) is 16.5. The van der Waals surface area contributed by atoms with Gasteiger partial charge in [-0.05, 0) is 30.2 Å². The van der Waals surface area contributed by atoms with E-state index >= 15 is 0 Å². The molecule has 1 aliphatic carbocycles. The molecule has 0 bridgehead atoms. The number of nitrogens with one attached hydrogen (secondary N) is 1. The van der Waals surface area contributed by atoms with Gasteiger partial charge in [-0.3, -0.25) is 4.79 Å². The summed E-state index contributed by atoms with van der Waals surface area (Å²) < 4.78 is 0. The van der Waals surface area contributed by atoms with Crippen molar-refractivity contribution in [1.82, 2.24) is 5.32 Å². The van der Waals surface area contributed by atoms with E-state index in [0.717, 1.165) is 6.42 Å². The molecule has 2 atom stereocenters. The molecular weight excluding hydrogens is 278 g/mol. The molecule has 0 heterocycles. The third-order valence-electron chi connectivity index (χ3n) is 5.55. The highest BCUT2D eigenvalue weighted by molar-refractivity contribution is 5.83. The Kier molecular flexibility index (Phi) is 4.59. The summed E-state index contributed by atoms with van der Waals surface area (Å²) in [5.74, 6) is -1.39. The fourth-order valence-electron chi connectivity index (χ4n) is 3.42. The molecule has 1 fully saturated rings. The first-order valence-corrected chi connectivity index (χ1v) is 7.82. The lowest BCUT2D eigenvalue weighted by Gasteiger charge is -2.41. The molecule has 4 nitrogen and oxygen atoms in total. The summed E-state index contributed by atoms with van der Waals surface area (Å²) in [4.78, 5) is 23.9. The van der Waals surface area contributed by atoms with Gasteiger partial charge in [0.15, 0.2) is 0 Å². The zero-order chi connectivity index (χ0) is 16.4. The van der Waals surface area contributed by atoms with Crippen LogP contribution >= 0.6 is 0 Å². The van der Waals surface area contributed by atoms with Crippen molar-refractivity contribution in [2.75, 3.05) is 6.54 Å². The van der Waals surface area contributed by atoms with E-state index in [1.165, 1.54) is 5.56 Å². The summed E-state index contributed by atoms with van der Waals surface area (Å²) in [6, 6.07) is 9.96. The van der Waals surface area contributed by atoms with Crippen molar-refractivity contribution in [3.8, 4) is 0 Å². The molecule has 120 valence electrons. The van der Waals surface area contributed by atoms with Crippen LogP contribution in [0.2, 0.25) is 0 Å². The van der Waals surface area contributed by atoms with E-state index in [1.54, 1.807) is 6.92 Å². The number of aliphatic carboxylic acids is 1. The number of carboxylic acid groups (broad SMARTS) is 1. The molecule has 1 aromatic rings. The molecule has 1 saturated carbocycles. The molecule has 22 heavy (non-hydrogen) atoms. The number of rotatable bonds is 5. The zero-order valence-corrected chi connectivity index (χ0v) is 13.5. The van der Waals surface area contributed by atoms with Gasteiger partial charge in [0.1, 0.15) is 0 Å². The minimum atomic E-state index is -1.06. The lowest BCUT2D eigenvalue weighted by molar-refractivity contribution is -0.323. The van der Waals surface area contributed by atoms with Gasteiger partial charge in [0.05, 0.1) is 0 Å². The standard InChI is InChI=1S/C18H25NO3/c1-17(2)14(9-11-18(17,3)16(21)22)15(20)19-12-10-13-7-5-4-6-8-13/h4-8,14H,9-12H2,1-3H3,(H,19,20)(H,21,22)/p-1/t14-,18+/m0/s1. The topological polar surface area (TPSA) is 69.2 Å². The van der Waals surface area contributed by atoms with Crippen LogP contribution in [0.3, 0.4) is 0 Å². The number of carbonyl (C=O) groups excluding carboxylic acids is 2. The molecule has 0 spiro atoms. The van der Waals surface area contributed by atoms with Gasteiger partial charge in [0, 0.05) is 23.8 Å². The second kappa shape index (κ2) is 6.11. The number of carboxylic acids is 1. The summed E-state index contributed by atoms with van der Waals surface area (Å²) in [5, 5.41) is 14.4. The Morgan fingerprint density at radius 1 is 1.23 bits per heavy atom. The summed E-state index contributed by atoms with van der Waals surface area (Å²) in [5.41, 5.74) is -0.384. The van der Waals surface area contributed by atoms with Gasteiger partial charge in [-0.2, -0.15) is 0 Å². The molecule has 1 N–H and O–H groups in total. The highest BCUT2D eigenvalue weighted by atomic mass is 16.4. The van der Waals surface area contributed by atoms with E-state index in [1.807, 2.05) is 44.2 Å². The molecule has 1 amide bonds. The van der Waals surface area contributed by atoms with E-state index in [-0.39, 0.29) is 11.8 Å². The number of benzene rings is 1. The van der Waals surface area contributed by atoms with Crippen LogP contribution in [0.5, 0.6) is 0 Å². The van der Waals surface area contributed by atoms with Crippen molar-refractivity contribution in [2.45, 2.75) is 40.0 Å². The minimum Gasteiger partial charge on any atom is -0.550 e. The summed E-state index contributed by atoms with van der Waals surface area (Å²) in [6.07, 6.45) is 1.85. The molecule has 0 aliphatic heterocycles. The van der Waals surface area contributed by atoms with Crippen LogP contribution in [-0.2, 0) is 16.0 Å². The first-order chi connectivity index (χ1) is 10.3. The van der Waals surface area contributed by atoms with Crippen LogP contribution in [0.15, 0.2) is 30.3 Å². The highest BCUT2D eigenvalue weighted by Crippen LogP contribution is 2.55. The van der Waals surface area contributed by atoms with Crippen LogP contribution in [-0.4, -0.2) is 18.4 Å². The lowest BCUT2D eigenvalue weighted by Crippen LogP contribution is -2.50. The quantitative estimate of drug-likeness (QED) is 0.897. The third kappa shape index (κ3) is 2.87. The van der Waals surface area contributed by atoms with Gasteiger partial charge in [0.2, 0.25) is 5.91 Å². The molecule has 0 saturated heterocycles. The van der Waals surface area contributed by atoms with Crippen molar-refractivity contribution in [3.63, 3.8) is 0 Å². The van der Waals surface area contributed by atoms with Crippen LogP contribution in [0.1, 0.15) is 39.2 Å². The highest BCUT2D eigenvalue weighted by Gasteiger charge is 2.54. The van der Waals surface area contributed by atoms with Crippen molar-refractivity contribution in [1.29, 1.82) is 0 Å². The Morgan fingerprint density at radius 3 is 2.41 bits per heavy atom. The second-order valence-electron chi connectivity index (χ2n) is 6.96. The van der Waals surface area contributed by atoms with E-state index < -0.39 is 16.8 Å². The summed E-state index contributed by atoms with van der Waals surface area (Å²) in [6.45, 7) is 5.98. The van der Waals surface area contributed by atoms with E-state index in [0.29, 0.717) is 19.4 Å². The number of hydrogen-bond donors (Lipinski definition) is 1. The van der Waals surface area contributed by atoms with E-state index in [4.69, 9.17) is 0 Å². The van der Waals surface area contributed by atoms with Gasteiger partial charge >= 0.3 is 0 Å². The zero-order valence-electron chi connectivity index (χ0n) is 13.5. The largest absolute Gasteiger partial charge is 0.550 e. The maximum absolute atomic E-state index is 12.4. The maximum Gasteiger partial charge on any atom is 0.223 e. The van der Waals surface area contributed by atoms with Gasteiger partial charge < -0.3 is 15.2 Å². The molecule has 1 aliphatic rings. The molecule has 0 aromatic heterocycles. The fourth-order valence-corrected chi connectivity index (χ4v) is 3.42. The Morgan fingerprint density at radius 2 is 1.86 bits per heavy atom. The van der Waals surface area contributed by atoms with E-state index in [9.17, 15) is 14.7 Å². The average Bonchev–Trinajstić information content (AvgIpc) is 2.72. The Hall–Kier alpha value is -1.84. The summed E-state index contributed by atoms with van der Waals surface area (Å²) >= 11 is 0. The fraction of sp³-hybridized carbons (Fsp3) is 0.556. The SMILES string of the molecule is CC1(C)[C@H](C(=O)NCCc2ccccc2)CC[C@]1(C)C(=O)[O-]. The molecule has 0 unspecified atom stereocenters. The van der Waals surface area contributed by atoms with Crippen molar-refractivity contribution in [3.05, 3.63) is 35.9 Å². The van der Waals surface area contributed by atoms with E-state index in [2.05, 4.69) is 5.32 Å². The normalized spacial score (nSPS) is 26.6. The monoisotopic (exact) mass is 302 g/mol. The van der Waals surface area contributed by atoms with Crippen molar-refractivity contribution >= 4 is 11.9 Å². The Labute approximate surface area is 131 Å². The van der Waals surface area contributed by atoms with Gasteiger partial charge in [-0.1, -0.05) is 51.1 Å². The molecule has 0 radical (unpaired) electrons. The average molecular weight is 302 g/mol. The second-order valence-corrected chi connectivity index (χ2v) is 6.96. The van der Waals surface area contributed by atoms with Crippen LogP contribution < -0.4 is 10.4 Å². The smallest absolute Gasteiger partial charge is 0.223 e. The van der Waals surface area contributed by atoms with Gasteiger partial charge in [-0.25, -0.2) is 0 Å². The molecule has 4 heteroatoms. The summed E-state index contributed by atoms with van der Waals surface area (Å²) in [7, 11) is 0. The number of hydrogen-bond acceptors (Lipinski definition) is 3. The molecule has 1 aromatic carbocycles. The number of carbonyl (C=O) groups is 2. The minimum absolute atomic E-state index is 0.0501. The Balaban J connectivity index is 1.95. The lowest BCUT2D eigenvalue weighted by atomic mass is 9.65. The van der Waals surface area contributed by atoms with Crippen LogP contribution in [0.4, 0.5) is 0 Å². The van der Waals surface area contributed by atoms with Crippen molar-refractivity contribution < 1.29 is 14.7 Å². The predicted octanol–water partition coefficient (Wildman–Crippen LogP) is 1.54. The van der Waals surface area contributed by atoms with Crippen molar-refractivity contribution in [2.24, 2.45) is 16.7 Å². The van der Waals surface area contributed by atoms with Gasteiger partial charge in [0.25, 0.3) is 0 Å². The van der Waals surface area contributed by atoms with Crippen LogP contribution in [0.25, 0.3) is 0 Å². The van der Waals surface area contributed by atoms with Gasteiger partial charge in [-0.15, -0.1) is 0 Å². The first-order valence-electron chi connectivity index (χ1n) is 7.82. The third-order valence-corrected chi connectivity index (χ3v) is 5.55.